The van der Waals surface area contributed by atoms with Gasteiger partial charge in [-0.05, 0) is 80.9 Å². The number of rotatable bonds is 7. The third kappa shape index (κ3) is 4.96. The van der Waals surface area contributed by atoms with E-state index >= 15 is 0 Å². The molecule has 10 heteroatoms. The first-order valence-electron chi connectivity index (χ1n) is 10.1. The maximum atomic E-state index is 12.7. The molecule has 4 rings (SSSR count). The number of methoxy groups -OCH3 is 1. The van der Waals surface area contributed by atoms with Crippen molar-refractivity contribution in [2.24, 2.45) is 0 Å². The molecule has 0 aliphatic heterocycles. The molecular formula is C23H23N5O4S. The van der Waals surface area contributed by atoms with Crippen molar-refractivity contribution in [3.63, 3.8) is 0 Å². The minimum absolute atomic E-state index is 0.152. The topological polar surface area (TPSA) is 108 Å². The number of benzene rings is 2. The minimum atomic E-state index is -3.74. The fourth-order valence-electron chi connectivity index (χ4n) is 3.29. The van der Waals surface area contributed by atoms with E-state index in [0.717, 1.165) is 17.0 Å². The van der Waals surface area contributed by atoms with E-state index in [1.165, 1.54) is 6.07 Å². The number of aromatic nitrogens is 4. The van der Waals surface area contributed by atoms with Crippen LogP contribution in [0.5, 0.6) is 17.4 Å². The molecular weight excluding hydrogens is 442 g/mol. The summed E-state index contributed by atoms with van der Waals surface area (Å²) in [6.07, 6.45) is 0. The summed E-state index contributed by atoms with van der Waals surface area (Å²) in [5, 5.41) is 12.6. The van der Waals surface area contributed by atoms with Gasteiger partial charge in [-0.1, -0.05) is 0 Å². The van der Waals surface area contributed by atoms with Crippen LogP contribution < -0.4 is 14.2 Å². The largest absolute Gasteiger partial charge is 0.496 e. The number of hydrogen-bond donors (Lipinski definition) is 1. The van der Waals surface area contributed by atoms with Gasteiger partial charge in [-0.25, -0.2) is 13.1 Å². The molecule has 33 heavy (non-hydrogen) atoms. The first-order valence-corrected chi connectivity index (χ1v) is 11.6. The van der Waals surface area contributed by atoms with E-state index in [2.05, 4.69) is 20.0 Å². The summed E-state index contributed by atoms with van der Waals surface area (Å²) in [6.45, 7) is 5.64. The zero-order valence-electron chi connectivity index (χ0n) is 18.6. The zero-order chi connectivity index (χ0) is 23.6. The van der Waals surface area contributed by atoms with Gasteiger partial charge in [0.15, 0.2) is 5.82 Å². The molecule has 4 aromatic rings. The summed E-state index contributed by atoms with van der Waals surface area (Å²) in [5.74, 6) is 2.02. The average Bonchev–Trinajstić information content (AvgIpc) is 3.13. The van der Waals surface area contributed by atoms with Crippen LogP contribution in [-0.2, 0) is 10.0 Å². The second-order valence-electron chi connectivity index (χ2n) is 7.43. The molecule has 0 aliphatic carbocycles. The lowest BCUT2D eigenvalue weighted by Gasteiger charge is -2.11. The number of hydrogen-bond acceptors (Lipinski definition) is 7. The molecule has 1 N–H and O–H groups in total. The third-order valence-electron chi connectivity index (χ3n) is 4.86. The van der Waals surface area contributed by atoms with Crippen molar-refractivity contribution in [1.82, 2.24) is 20.0 Å². The van der Waals surface area contributed by atoms with Crippen molar-refractivity contribution in [3.8, 4) is 23.2 Å². The summed E-state index contributed by atoms with van der Waals surface area (Å²) in [5.41, 5.74) is 2.99. The fraction of sp³-hybridized carbons (Fsp3) is 0.174. The fourth-order valence-corrected chi connectivity index (χ4v) is 4.43. The lowest BCUT2D eigenvalue weighted by atomic mass is 10.2. The number of sulfonamides is 1. The van der Waals surface area contributed by atoms with E-state index in [4.69, 9.17) is 9.47 Å². The Labute approximate surface area is 192 Å². The quantitative estimate of drug-likeness (QED) is 0.436. The van der Waals surface area contributed by atoms with Crippen LogP contribution in [0.2, 0.25) is 0 Å². The SMILES string of the molecule is COc1ccc(S(=O)(=O)Nc2ccc(Oc3ccc(-n4nc(C)cc4C)nn3)cc2)cc1C. The maximum Gasteiger partial charge on any atom is 0.261 e. The molecule has 0 saturated heterocycles. The second kappa shape index (κ2) is 8.91. The van der Waals surface area contributed by atoms with E-state index in [0.29, 0.717) is 28.9 Å². The van der Waals surface area contributed by atoms with Gasteiger partial charge in [-0.3, -0.25) is 4.72 Å². The monoisotopic (exact) mass is 465 g/mol. The summed E-state index contributed by atoms with van der Waals surface area (Å²) < 4.78 is 40.6. The van der Waals surface area contributed by atoms with Crippen molar-refractivity contribution in [3.05, 3.63) is 77.6 Å². The van der Waals surface area contributed by atoms with Crippen LogP contribution in [0.15, 0.2) is 65.6 Å². The molecule has 170 valence electrons. The molecule has 0 radical (unpaired) electrons. The van der Waals surface area contributed by atoms with Crippen LogP contribution in [-0.4, -0.2) is 35.5 Å². The molecule has 0 aliphatic rings. The summed E-state index contributed by atoms with van der Waals surface area (Å²) in [7, 11) is -2.20. The maximum absolute atomic E-state index is 12.7. The van der Waals surface area contributed by atoms with Gasteiger partial charge in [0.25, 0.3) is 10.0 Å². The first kappa shape index (κ1) is 22.3. The number of anilines is 1. The van der Waals surface area contributed by atoms with E-state index in [-0.39, 0.29) is 4.90 Å². The molecule has 2 heterocycles. The van der Waals surface area contributed by atoms with Crippen LogP contribution in [0.25, 0.3) is 5.82 Å². The van der Waals surface area contributed by atoms with Gasteiger partial charge < -0.3 is 9.47 Å². The third-order valence-corrected chi connectivity index (χ3v) is 6.24. The lowest BCUT2D eigenvalue weighted by Crippen LogP contribution is -2.13. The van der Waals surface area contributed by atoms with E-state index in [1.807, 2.05) is 19.9 Å². The molecule has 0 atom stereocenters. The summed E-state index contributed by atoms with van der Waals surface area (Å²) in [4.78, 5) is 0.152. The Kier molecular flexibility index (Phi) is 6.01. The molecule has 0 spiro atoms. The Hall–Kier alpha value is -3.92. The highest BCUT2D eigenvalue weighted by Gasteiger charge is 2.16. The van der Waals surface area contributed by atoms with Crippen molar-refractivity contribution in [1.29, 1.82) is 0 Å². The lowest BCUT2D eigenvalue weighted by molar-refractivity contribution is 0.411. The first-order chi connectivity index (χ1) is 15.7. The van der Waals surface area contributed by atoms with Crippen molar-refractivity contribution in [2.75, 3.05) is 11.8 Å². The second-order valence-corrected chi connectivity index (χ2v) is 9.11. The Morgan fingerprint density at radius 1 is 0.909 bits per heavy atom. The van der Waals surface area contributed by atoms with Gasteiger partial charge in [0.05, 0.1) is 17.7 Å². The van der Waals surface area contributed by atoms with Gasteiger partial charge in [0.1, 0.15) is 11.5 Å². The van der Waals surface area contributed by atoms with Crippen molar-refractivity contribution in [2.45, 2.75) is 25.7 Å². The summed E-state index contributed by atoms with van der Waals surface area (Å²) in [6, 6.07) is 16.6. The van der Waals surface area contributed by atoms with E-state index < -0.39 is 10.0 Å². The van der Waals surface area contributed by atoms with Crippen molar-refractivity contribution < 1.29 is 17.9 Å². The predicted molar refractivity (Wildman–Crippen MR) is 124 cm³/mol. The molecule has 0 saturated carbocycles. The number of nitrogens with one attached hydrogen (secondary N) is 1. The van der Waals surface area contributed by atoms with Crippen LogP contribution in [0, 0.1) is 20.8 Å². The number of aryl methyl sites for hydroxylation is 3. The predicted octanol–water partition coefficient (Wildman–Crippen LogP) is 4.19. The van der Waals surface area contributed by atoms with Gasteiger partial charge in [-0.2, -0.15) is 5.10 Å². The van der Waals surface area contributed by atoms with E-state index in [1.54, 1.807) is 67.2 Å². The molecule has 0 fully saturated rings. The molecule has 9 nitrogen and oxygen atoms in total. The van der Waals surface area contributed by atoms with Gasteiger partial charge >= 0.3 is 0 Å². The van der Waals surface area contributed by atoms with Crippen LogP contribution in [0.4, 0.5) is 5.69 Å². The number of nitrogens with zero attached hydrogens (tertiary/aromatic N) is 4. The van der Waals surface area contributed by atoms with Gasteiger partial charge in [0, 0.05) is 17.4 Å². The normalized spacial score (nSPS) is 11.3. The average molecular weight is 466 g/mol. The summed E-state index contributed by atoms with van der Waals surface area (Å²) >= 11 is 0. The highest BCUT2D eigenvalue weighted by molar-refractivity contribution is 7.92. The van der Waals surface area contributed by atoms with Gasteiger partial charge in [0.2, 0.25) is 5.88 Å². The van der Waals surface area contributed by atoms with Crippen LogP contribution >= 0.6 is 0 Å². The smallest absolute Gasteiger partial charge is 0.261 e. The van der Waals surface area contributed by atoms with Crippen LogP contribution in [0.3, 0.4) is 0 Å². The minimum Gasteiger partial charge on any atom is -0.496 e. The van der Waals surface area contributed by atoms with Crippen molar-refractivity contribution >= 4 is 15.7 Å². The highest BCUT2D eigenvalue weighted by atomic mass is 32.2. The Morgan fingerprint density at radius 2 is 1.67 bits per heavy atom. The number of ether oxygens (including phenoxy) is 2. The molecule has 0 amide bonds. The molecule has 0 unspecified atom stereocenters. The Morgan fingerprint density at radius 3 is 2.24 bits per heavy atom. The molecule has 2 aromatic heterocycles. The Balaban J connectivity index is 1.44. The molecule has 2 aromatic carbocycles. The highest BCUT2D eigenvalue weighted by Crippen LogP contribution is 2.25. The standard InChI is InChI=1S/C23H23N5O4S/c1-15-13-20(9-10-21(15)31-4)33(29,30)27-18-5-7-19(8-6-18)32-23-12-11-22(24-25-23)28-17(3)14-16(2)26-28/h5-14,27H,1-4H3. The zero-order valence-corrected chi connectivity index (χ0v) is 19.4. The van der Waals surface area contributed by atoms with Crippen LogP contribution in [0.1, 0.15) is 17.0 Å². The molecule has 0 bridgehead atoms. The Bertz CT molecular complexity index is 1380. The van der Waals surface area contributed by atoms with Gasteiger partial charge in [-0.15, -0.1) is 10.2 Å². The van der Waals surface area contributed by atoms with E-state index in [9.17, 15) is 8.42 Å².